The molecule has 1 aliphatic carbocycles. The fourth-order valence-electron chi connectivity index (χ4n) is 1.80. The van der Waals surface area contributed by atoms with Gasteiger partial charge in [0.1, 0.15) is 0 Å². The fraction of sp³-hybridized carbons (Fsp3) is 0.200. The average Bonchev–Trinajstić information content (AvgIpc) is 2.76. The van der Waals surface area contributed by atoms with Crippen LogP contribution in [0.25, 0.3) is 0 Å². The molecule has 0 saturated heterocycles. The Morgan fingerprint density at radius 2 is 1.44 bits per heavy atom. The van der Waals surface area contributed by atoms with Crippen molar-refractivity contribution in [1.29, 1.82) is 0 Å². The lowest BCUT2D eigenvalue weighted by Gasteiger charge is -2.08. The zero-order valence-corrected chi connectivity index (χ0v) is 7.89. The number of ether oxygens (including phenoxy) is 2. The Labute approximate surface area is 89.0 Å². The third kappa shape index (κ3) is 0.923. The van der Waals surface area contributed by atoms with Crippen molar-refractivity contribution in [2.45, 2.75) is 5.79 Å². The molecule has 6 nitrogen and oxygen atoms in total. The predicted octanol–water partition coefficient (Wildman–Crippen LogP) is -0.525. The highest BCUT2D eigenvalue weighted by atomic mass is 16.7. The Hall–Kier alpha value is -1.92. The lowest BCUT2D eigenvalue weighted by Crippen LogP contribution is -2.40. The van der Waals surface area contributed by atoms with Gasteiger partial charge in [-0.05, 0) is 12.1 Å². The van der Waals surface area contributed by atoms with E-state index in [1.165, 1.54) is 12.1 Å². The van der Waals surface area contributed by atoms with Crippen LogP contribution in [0.3, 0.4) is 0 Å². The molecule has 0 saturated carbocycles. The van der Waals surface area contributed by atoms with Gasteiger partial charge in [0, 0.05) is 11.1 Å². The van der Waals surface area contributed by atoms with Crippen LogP contribution in [-0.4, -0.2) is 34.4 Å². The molecule has 6 heteroatoms. The van der Waals surface area contributed by atoms with Gasteiger partial charge in [-0.15, -0.1) is 0 Å². The van der Waals surface area contributed by atoms with E-state index in [0.29, 0.717) is 11.5 Å². The molecule has 16 heavy (non-hydrogen) atoms. The molecule has 1 aromatic rings. The van der Waals surface area contributed by atoms with Crippen molar-refractivity contribution in [2.24, 2.45) is 0 Å². The summed E-state index contributed by atoms with van der Waals surface area (Å²) in [5.74, 6) is -4.40. The van der Waals surface area contributed by atoms with Gasteiger partial charge < -0.3 is 19.7 Å². The molecule has 0 atom stereocenters. The van der Waals surface area contributed by atoms with Gasteiger partial charge in [-0.1, -0.05) is 0 Å². The van der Waals surface area contributed by atoms with Crippen LogP contribution < -0.4 is 9.47 Å². The Kier molecular flexibility index (Phi) is 1.52. The number of benzene rings is 1. The predicted molar refractivity (Wildman–Crippen MR) is 48.4 cm³/mol. The topological polar surface area (TPSA) is 93.1 Å². The summed E-state index contributed by atoms with van der Waals surface area (Å²) in [6, 6.07) is 2.57. The summed E-state index contributed by atoms with van der Waals surface area (Å²) >= 11 is 0. The Bertz CT molecular complexity index is 485. The molecule has 0 amide bonds. The number of hydrogen-bond donors (Lipinski definition) is 2. The zero-order valence-electron chi connectivity index (χ0n) is 7.89. The van der Waals surface area contributed by atoms with Crippen molar-refractivity contribution in [3.05, 3.63) is 23.3 Å². The highest BCUT2D eigenvalue weighted by Crippen LogP contribution is 2.39. The smallest absolute Gasteiger partial charge is 0.295 e. The number of Topliss-reactive ketones (excluding diaryl/α,β-unsaturated/α-hetero) is 2. The summed E-state index contributed by atoms with van der Waals surface area (Å²) in [6.07, 6.45) is 0. The lowest BCUT2D eigenvalue weighted by molar-refractivity contribution is -0.0857. The highest BCUT2D eigenvalue weighted by molar-refractivity contribution is 6.30. The van der Waals surface area contributed by atoms with E-state index >= 15 is 0 Å². The summed E-state index contributed by atoms with van der Waals surface area (Å²) in [5.41, 5.74) is -0.112. The van der Waals surface area contributed by atoms with E-state index in [9.17, 15) is 19.8 Å². The first kappa shape index (κ1) is 9.32. The van der Waals surface area contributed by atoms with Crippen molar-refractivity contribution in [2.75, 3.05) is 6.79 Å². The molecule has 3 rings (SSSR count). The molecule has 0 bridgehead atoms. The van der Waals surface area contributed by atoms with Crippen LogP contribution in [0.5, 0.6) is 11.5 Å². The summed E-state index contributed by atoms with van der Waals surface area (Å²) < 4.78 is 10.1. The molecule has 82 valence electrons. The second kappa shape index (κ2) is 2.60. The summed E-state index contributed by atoms with van der Waals surface area (Å²) in [5, 5.41) is 18.6. The molecule has 0 fully saturated rings. The molecule has 0 unspecified atom stereocenters. The summed E-state index contributed by atoms with van der Waals surface area (Å²) in [7, 11) is 0. The number of aliphatic hydroxyl groups is 2. The molecule has 2 N–H and O–H groups in total. The molecule has 0 spiro atoms. The van der Waals surface area contributed by atoms with Gasteiger partial charge in [0.05, 0.1) is 0 Å². The van der Waals surface area contributed by atoms with Crippen LogP contribution in [-0.2, 0) is 0 Å². The monoisotopic (exact) mass is 222 g/mol. The van der Waals surface area contributed by atoms with Crippen LogP contribution in [0.4, 0.5) is 0 Å². The van der Waals surface area contributed by atoms with Crippen molar-refractivity contribution in [3.63, 3.8) is 0 Å². The minimum absolute atomic E-state index is 0.0179. The first-order valence-corrected chi connectivity index (χ1v) is 4.50. The van der Waals surface area contributed by atoms with Crippen LogP contribution >= 0.6 is 0 Å². The summed E-state index contributed by atoms with van der Waals surface area (Å²) in [6.45, 7) is 0.0179. The number of carbonyl (C=O) groups is 2. The maximum absolute atomic E-state index is 11.5. The quantitative estimate of drug-likeness (QED) is 0.453. The second-order valence-corrected chi connectivity index (χ2v) is 3.58. The van der Waals surface area contributed by atoms with Gasteiger partial charge in [-0.25, -0.2) is 0 Å². The molecule has 2 aliphatic rings. The van der Waals surface area contributed by atoms with E-state index in [-0.39, 0.29) is 17.9 Å². The number of ketones is 2. The normalized spacial score (nSPS) is 20.1. The molecular weight excluding hydrogens is 216 g/mol. The average molecular weight is 222 g/mol. The maximum atomic E-state index is 11.5. The van der Waals surface area contributed by atoms with E-state index in [1.54, 1.807) is 0 Å². The molecule has 0 aromatic heterocycles. The largest absolute Gasteiger partial charge is 0.454 e. The Morgan fingerprint density at radius 1 is 1.00 bits per heavy atom. The highest BCUT2D eigenvalue weighted by Gasteiger charge is 2.51. The van der Waals surface area contributed by atoms with Crippen LogP contribution in [0.15, 0.2) is 12.1 Å². The van der Waals surface area contributed by atoms with Gasteiger partial charge in [0.15, 0.2) is 11.5 Å². The molecule has 1 heterocycles. The van der Waals surface area contributed by atoms with Crippen molar-refractivity contribution in [3.8, 4) is 11.5 Å². The van der Waals surface area contributed by atoms with E-state index in [1.807, 2.05) is 0 Å². The fourth-order valence-corrected chi connectivity index (χ4v) is 1.80. The van der Waals surface area contributed by atoms with Crippen LogP contribution in [0, 0.1) is 0 Å². The maximum Gasteiger partial charge on any atom is 0.295 e. The van der Waals surface area contributed by atoms with Crippen LogP contribution in [0.1, 0.15) is 20.7 Å². The molecular formula is C10H6O6. The van der Waals surface area contributed by atoms with E-state index < -0.39 is 17.4 Å². The van der Waals surface area contributed by atoms with Crippen molar-refractivity contribution < 1.29 is 29.3 Å². The minimum Gasteiger partial charge on any atom is -0.454 e. The van der Waals surface area contributed by atoms with Gasteiger partial charge in [0.2, 0.25) is 18.4 Å². The molecule has 1 aliphatic heterocycles. The number of carbonyl (C=O) groups excluding carboxylic acids is 2. The van der Waals surface area contributed by atoms with Gasteiger partial charge >= 0.3 is 0 Å². The third-order valence-electron chi connectivity index (χ3n) is 2.64. The lowest BCUT2D eigenvalue weighted by atomic mass is 10.1. The number of fused-ring (bicyclic) bond motifs is 2. The second-order valence-electron chi connectivity index (χ2n) is 3.58. The van der Waals surface area contributed by atoms with Gasteiger partial charge in [-0.2, -0.15) is 0 Å². The van der Waals surface area contributed by atoms with Gasteiger partial charge in [0.25, 0.3) is 5.79 Å². The molecule has 0 radical (unpaired) electrons. The van der Waals surface area contributed by atoms with Crippen molar-refractivity contribution >= 4 is 11.6 Å². The first-order valence-electron chi connectivity index (χ1n) is 4.50. The van der Waals surface area contributed by atoms with E-state index in [0.717, 1.165) is 0 Å². The van der Waals surface area contributed by atoms with Crippen LogP contribution in [0.2, 0.25) is 0 Å². The number of rotatable bonds is 0. The molecule has 1 aromatic carbocycles. The zero-order chi connectivity index (χ0) is 11.5. The SMILES string of the molecule is O=C1c2cc3c(cc2C(=O)C1(O)O)OCO3. The standard InChI is InChI=1S/C10H6O6/c11-8-4-1-6-7(16-3-15-6)2-5(4)9(12)10(8,13)14/h1-2,13-14H,3H2. The number of hydrogen-bond acceptors (Lipinski definition) is 6. The summed E-state index contributed by atoms with van der Waals surface area (Å²) in [4.78, 5) is 23.0. The van der Waals surface area contributed by atoms with E-state index in [4.69, 9.17) is 9.47 Å². The van der Waals surface area contributed by atoms with Crippen molar-refractivity contribution in [1.82, 2.24) is 0 Å². The Morgan fingerprint density at radius 3 is 1.88 bits per heavy atom. The minimum atomic E-state index is -2.96. The van der Waals surface area contributed by atoms with E-state index in [2.05, 4.69) is 0 Å². The van der Waals surface area contributed by atoms with Gasteiger partial charge in [-0.3, -0.25) is 9.59 Å². The first-order chi connectivity index (χ1) is 7.51. The third-order valence-corrected chi connectivity index (χ3v) is 2.64. The Balaban J connectivity index is 2.26.